The van der Waals surface area contributed by atoms with Gasteiger partial charge >= 0.3 is 0 Å². The van der Waals surface area contributed by atoms with E-state index in [1.165, 1.54) is 4.31 Å². The molecule has 39 heavy (non-hydrogen) atoms. The van der Waals surface area contributed by atoms with Crippen LogP contribution in [0.15, 0.2) is 42.5 Å². The Morgan fingerprint density at radius 2 is 1.72 bits per heavy atom. The molecular formula is C28H39N5O5S. The molecule has 0 bridgehead atoms. The number of benzene rings is 2. The van der Waals surface area contributed by atoms with Gasteiger partial charge in [0.1, 0.15) is 6.04 Å². The number of carbonyl (C=O) groups is 3. The Bertz CT molecular complexity index is 1370. The summed E-state index contributed by atoms with van der Waals surface area (Å²) >= 11 is 0. The van der Waals surface area contributed by atoms with Crippen LogP contribution in [0.1, 0.15) is 34.1 Å². The van der Waals surface area contributed by atoms with E-state index in [4.69, 9.17) is 0 Å². The minimum atomic E-state index is -3.62. The zero-order valence-corrected chi connectivity index (χ0v) is 24.2. The number of hydrogen-bond donors (Lipinski definition) is 3. The Kier molecular flexibility index (Phi) is 8.07. The van der Waals surface area contributed by atoms with Crippen molar-refractivity contribution in [3.63, 3.8) is 0 Å². The molecule has 2 aliphatic heterocycles. The molecule has 10 nitrogen and oxygen atoms in total. The zero-order chi connectivity index (χ0) is 28.7. The highest BCUT2D eigenvalue weighted by Gasteiger charge is 2.56. The summed E-state index contributed by atoms with van der Waals surface area (Å²) < 4.78 is 26.7. The first-order valence-electron chi connectivity index (χ1n) is 13.3. The average molecular weight is 558 g/mol. The number of likely N-dealkylation sites (tertiary alicyclic amines) is 1. The third kappa shape index (κ3) is 5.95. The first-order valence-corrected chi connectivity index (χ1v) is 15.1. The second kappa shape index (κ2) is 10.9. The third-order valence-corrected chi connectivity index (χ3v) is 9.14. The maximum absolute atomic E-state index is 14.0. The first kappa shape index (κ1) is 29.0. The van der Waals surface area contributed by atoms with E-state index in [0.29, 0.717) is 18.7 Å². The topological polar surface area (TPSA) is 128 Å². The maximum atomic E-state index is 14.0. The second-order valence-electron chi connectivity index (χ2n) is 11.7. The smallest absolute Gasteiger partial charge is 0.246 e. The van der Waals surface area contributed by atoms with E-state index < -0.39 is 45.5 Å². The Hall–Kier alpha value is -3.02. The van der Waals surface area contributed by atoms with Gasteiger partial charge in [-0.3, -0.25) is 14.4 Å². The molecule has 0 saturated carbocycles. The molecule has 2 aromatic carbocycles. The van der Waals surface area contributed by atoms with Crippen molar-refractivity contribution in [2.75, 3.05) is 31.7 Å². The number of likely N-dealkylation sites (N-methyl/N-ethyl adjacent to an activating group) is 1. The summed E-state index contributed by atoms with van der Waals surface area (Å²) in [6, 6.07) is 10.9. The summed E-state index contributed by atoms with van der Waals surface area (Å²) in [5.41, 5.74) is -0.0131. The summed E-state index contributed by atoms with van der Waals surface area (Å²) in [7, 11) is -1.95. The van der Waals surface area contributed by atoms with Crippen LogP contribution in [0, 0.1) is 11.3 Å². The quantitative estimate of drug-likeness (QED) is 0.476. The van der Waals surface area contributed by atoms with E-state index in [2.05, 4.69) is 16.0 Å². The highest BCUT2D eigenvalue weighted by molar-refractivity contribution is 7.88. The number of hydrogen-bond acceptors (Lipinski definition) is 6. The summed E-state index contributed by atoms with van der Waals surface area (Å²) in [6.07, 6.45) is 1.55. The van der Waals surface area contributed by atoms with E-state index in [0.717, 1.165) is 17.0 Å². The second-order valence-corrected chi connectivity index (χ2v) is 13.6. The fraction of sp³-hybridized carbons (Fsp3) is 0.536. The van der Waals surface area contributed by atoms with Crippen LogP contribution >= 0.6 is 0 Å². The highest BCUT2D eigenvalue weighted by Crippen LogP contribution is 2.39. The van der Waals surface area contributed by atoms with E-state index in [1.54, 1.807) is 18.9 Å². The van der Waals surface area contributed by atoms with Gasteiger partial charge < -0.3 is 20.9 Å². The molecule has 5 atom stereocenters. The first-order chi connectivity index (χ1) is 18.2. The maximum Gasteiger partial charge on any atom is 0.246 e. The van der Waals surface area contributed by atoms with Crippen LogP contribution in [0.3, 0.4) is 0 Å². The van der Waals surface area contributed by atoms with Crippen LogP contribution in [0.2, 0.25) is 0 Å². The molecule has 5 unspecified atom stereocenters. The van der Waals surface area contributed by atoms with Gasteiger partial charge in [-0.25, -0.2) is 8.42 Å². The third-order valence-electron chi connectivity index (χ3n) is 7.87. The number of sulfonamides is 1. The van der Waals surface area contributed by atoms with Gasteiger partial charge in [-0.1, -0.05) is 51.1 Å². The van der Waals surface area contributed by atoms with Crippen LogP contribution in [0.25, 0.3) is 10.8 Å². The zero-order valence-electron chi connectivity index (χ0n) is 23.4. The fourth-order valence-corrected chi connectivity index (χ4v) is 6.78. The van der Waals surface area contributed by atoms with Crippen molar-refractivity contribution >= 4 is 44.2 Å². The van der Waals surface area contributed by atoms with Crippen LogP contribution in [-0.2, 0) is 24.4 Å². The summed E-state index contributed by atoms with van der Waals surface area (Å²) in [5, 5.41) is 10.7. The summed E-state index contributed by atoms with van der Waals surface area (Å²) in [4.78, 5) is 42.0. The van der Waals surface area contributed by atoms with Crippen LogP contribution in [0.5, 0.6) is 0 Å². The van der Waals surface area contributed by atoms with Crippen molar-refractivity contribution in [1.29, 1.82) is 0 Å². The predicted molar refractivity (Wildman–Crippen MR) is 151 cm³/mol. The normalized spacial score (nSPS) is 23.3. The van der Waals surface area contributed by atoms with Gasteiger partial charge in [0.05, 0.1) is 24.3 Å². The van der Waals surface area contributed by atoms with Crippen molar-refractivity contribution in [2.24, 2.45) is 11.3 Å². The van der Waals surface area contributed by atoms with Crippen molar-refractivity contribution in [2.45, 2.75) is 58.3 Å². The molecule has 212 valence electrons. The molecule has 11 heteroatoms. The van der Waals surface area contributed by atoms with Crippen molar-refractivity contribution in [3.05, 3.63) is 42.5 Å². The molecule has 2 aromatic rings. The van der Waals surface area contributed by atoms with Gasteiger partial charge in [0.25, 0.3) is 0 Å². The van der Waals surface area contributed by atoms with Gasteiger partial charge in [-0.2, -0.15) is 4.31 Å². The molecule has 0 radical (unpaired) electrons. The number of fused-ring (bicyclic) bond motifs is 2. The largest absolute Gasteiger partial charge is 0.342 e. The predicted octanol–water partition coefficient (Wildman–Crippen LogP) is 1.78. The fourth-order valence-electron chi connectivity index (χ4n) is 5.63. The van der Waals surface area contributed by atoms with Crippen LogP contribution in [-0.4, -0.2) is 85.9 Å². The molecule has 2 fully saturated rings. The summed E-state index contributed by atoms with van der Waals surface area (Å²) in [5.74, 6) is -1.73. The molecule has 0 aromatic heterocycles. The number of nitrogens with one attached hydrogen (secondary N) is 3. The summed E-state index contributed by atoms with van der Waals surface area (Å²) in [6.45, 7) is 7.60. The number of anilines is 1. The Morgan fingerprint density at radius 1 is 1.05 bits per heavy atom. The van der Waals surface area contributed by atoms with Crippen molar-refractivity contribution in [1.82, 2.24) is 19.8 Å². The lowest BCUT2D eigenvalue weighted by Gasteiger charge is -2.37. The van der Waals surface area contributed by atoms with E-state index in [-0.39, 0.29) is 24.3 Å². The standard InChI is InChI=1S/C28H39N5O5S/c1-17(29-5)25(34)31-24(28(2,3)4)27(36)32-14-13-22-23(32)21(16-33(22)39(6,37)38)26(35)30-20-12-11-18-9-7-8-10-19(18)15-20/h7-12,15,17,21-24,29H,13-14,16H2,1-6H3,(H,30,35)(H,31,34). The highest BCUT2D eigenvalue weighted by atomic mass is 32.2. The van der Waals surface area contributed by atoms with Gasteiger partial charge in [-0.15, -0.1) is 0 Å². The van der Waals surface area contributed by atoms with Crippen LogP contribution < -0.4 is 16.0 Å². The number of rotatable bonds is 7. The van der Waals surface area contributed by atoms with E-state index >= 15 is 0 Å². The molecule has 3 N–H and O–H groups in total. The van der Waals surface area contributed by atoms with E-state index in [9.17, 15) is 22.8 Å². The Morgan fingerprint density at radius 3 is 2.33 bits per heavy atom. The van der Waals surface area contributed by atoms with Crippen molar-refractivity contribution < 1.29 is 22.8 Å². The van der Waals surface area contributed by atoms with Gasteiger partial charge in [-0.05, 0) is 48.7 Å². The lowest BCUT2D eigenvalue weighted by molar-refractivity contribution is -0.141. The molecule has 0 aliphatic carbocycles. The molecule has 2 heterocycles. The average Bonchev–Trinajstić information content (AvgIpc) is 3.46. The Balaban J connectivity index is 1.63. The molecule has 2 saturated heterocycles. The number of nitrogens with zero attached hydrogens (tertiary/aromatic N) is 2. The minimum Gasteiger partial charge on any atom is -0.342 e. The van der Waals surface area contributed by atoms with Crippen molar-refractivity contribution in [3.8, 4) is 0 Å². The number of amides is 3. The SMILES string of the molecule is CNC(C)C(=O)NC(C(=O)N1CCC2C1C(C(=O)Nc1ccc3ccccc3c1)CN2S(C)(=O)=O)C(C)(C)C. The minimum absolute atomic E-state index is 0.0132. The van der Waals surface area contributed by atoms with Gasteiger partial charge in [0, 0.05) is 24.8 Å². The number of carbonyl (C=O) groups excluding carboxylic acids is 3. The monoisotopic (exact) mass is 557 g/mol. The lowest BCUT2D eigenvalue weighted by atomic mass is 9.85. The molecule has 3 amide bonds. The van der Waals surface area contributed by atoms with Gasteiger partial charge in [0.15, 0.2) is 0 Å². The molecule has 0 spiro atoms. The molecule has 2 aliphatic rings. The van der Waals surface area contributed by atoms with Gasteiger partial charge in [0.2, 0.25) is 27.7 Å². The molecular weight excluding hydrogens is 518 g/mol. The lowest BCUT2D eigenvalue weighted by Crippen LogP contribution is -2.59. The van der Waals surface area contributed by atoms with Crippen LogP contribution in [0.4, 0.5) is 5.69 Å². The Labute approximate surface area is 230 Å². The van der Waals surface area contributed by atoms with E-state index in [1.807, 2.05) is 63.2 Å². The molecule has 4 rings (SSSR count).